The van der Waals surface area contributed by atoms with Gasteiger partial charge in [0, 0.05) is 18.2 Å². The van der Waals surface area contributed by atoms with Crippen molar-refractivity contribution >= 4 is 11.6 Å². The van der Waals surface area contributed by atoms with E-state index in [1.165, 1.54) is 10.1 Å². The summed E-state index contributed by atoms with van der Waals surface area (Å²) in [6.07, 6.45) is 3.93. The van der Waals surface area contributed by atoms with Gasteiger partial charge in [0.25, 0.3) is 5.91 Å². The van der Waals surface area contributed by atoms with E-state index in [2.05, 4.69) is 33.0 Å². The molecule has 3 aromatic rings. The van der Waals surface area contributed by atoms with Crippen LogP contribution in [0.4, 0.5) is 0 Å². The summed E-state index contributed by atoms with van der Waals surface area (Å²) in [5.41, 5.74) is 2.35. The minimum atomic E-state index is -0.136. The molecule has 22 heavy (non-hydrogen) atoms. The second kappa shape index (κ2) is 4.91. The number of rotatable bonds is 4. The lowest BCUT2D eigenvalue weighted by atomic mass is 9.96. The summed E-state index contributed by atoms with van der Waals surface area (Å²) in [6.45, 7) is 0.637. The second-order valence-corrected chi connectivity index (χ2v) is 5.70. The molecular weight excluding hydrogens is 278 g/mol. The largest absolute Gasteiger partial charge is 0.351 e. The van der Waals surface area contributed by atoms with Crippen molar-refractivity contribution in [2.75, 3.05) is 6.54 Å². The maximum atomic E-state index is 12.4. The maximum absolute atomic E-state index is 12.4. The number of nitrogens with zero attached hydrogens (tertiary/aromatic N) is 4. The zero-order chi connectivity index (χ0) is 15.0. The van der Waals surface area contributed by atoms with Gasteiger partial charge >= 0.3 is 0 Å². The summed E-state index contributed by atoms with van der Waals surface area (Å²) in [5.74, 6) is -0.136. The Morgan fingerprint density at radius 2 is 2.00 bits per heavy atom. The van der Waals surface area contributed by atoms with E-state index < -0.39 is 0 Å². The normalized spacial score (nSPS) is 15.6. The van der Waals surface area contributed by atoms with Crippen LogP contribution in [0.15, 0.2) is 48.7 Å². The summed E-state index contributed by atoms with van der Waals surface area (Å²) in [5, 5.41) is 14.3. The Morgan fingerprint density at radius 3 is 2.77 bits per heavy atom. The molecule has 1 saturated carbocycles. The van der Waals surface area contributed by atoms with Crippen molar-refractivity contribution in [2.45, 2.75) is 18.3 Å². The van der Waals surface area contributed by atoms with Gasteiger partial charge in [-0.05, 0) is 41.0 Å². The van der Waals surface area contributed by atoms with Crippen LogP contribution in [0.5, 0.6) is 0 Å². The molecule has 1 fully saturated rings. The minimum Gasteiger partial charge on any atom is -0.351 e. The van der Waals surface area contributed by atoms with Crippen molar-refractivity contribution in [3.05, 3.63) is 59.8 Å². The van der Waals surface area contributed by atoms with E-state index in [9.17, 15) is 4.79 Å². The van der Waals surface area contributed by atoms with Gasteiger partial charge in [0.2, 0.25) is 0 Å². The van der Waals surface area contributed by atoms with E-state index in [0.717, 1.165) is 12.8 Å². The lowest BCUT2D eigenvalue weighted by Crippen LogP contribution is -2.32. The van der Waals surface area contributed by atoms with Gasteiger partial charge in [-0.3, -0.25) is 4.79 Å². The third-order valence-electron chi connectivity index (χ3n) is 4.30. The molecular formula is C16H15N5O. The average molecular weight is 293 g/mol. The second-order valence-electron chi connectivity index (χ2n) is 5.70. The number of carbonyl (C=O) groups excluding carboxylic acids is 1. The SMILES string of the molecule is O=C(NCC1(c2ccccc2)CC1)c1cccn2nnnc12. The molecule has 0 bridgehead atoms. The highest BCUT2D eigenvalue weighted by atomic mass is 16.1. The fourth-order valence-electron chi connectivity index (χ4n) is 2.80. The molecule has 110 valence electrons. The Hall–Kier alpha value is -2.76. The van der Waals surface area contributed by atoms with Crippen LogP contribution in [0, 0.1) is 0 Å². The molecule has 0 atom stereocenters. The third kappa shape index (κ3) is 2.13. The van der Waals surface area contributed by atoms with Crippen LogP contribution in [-0.2, 0) is 5.41 Å². The van der Waals surface area contributed by atoms with Crippen molar-refractivity contribution in [1.29, 1.82) is 0 Å². The van der Waals surface area contributed by atoms with E-state index >= 15 is 0 Å². The molecule has 0 spiro atoms. The summed E-state index contributed by atoms with van der Waals surface area (Å²) in [6, 6.07) is 13.9. The van der Waals surface area contributed by atoms with Gasteiger partial charge in [0.15, 0.2) is 5.65 Å². The number of carbonyl (C=O) groups is 1. The number of benzene rings is 1. The number of hydrogen-bond acceptors (Lipinski definition) is 4. The fourth-order valence-corrected chi connectivity index (χ4v) is 2.80. The zero-order valence-electron chi connectivity index (χ0n) is 11.9. The lowest BCUT2D eigenvalue weighted by molar-refractivity contribution is 0.0950. The lowest BCUT2D eigenvalue weighted by Gasteiger charge is -2.16. The quantitative estimate of drug-likeness (QED) is 0.793. The number of nitrogens with one attached hydrogen (secondary N) is 1. The molecule has 0 saturated heterocycles. The summed E-state index contributed by atoms with van der Waals surface area (Å²) >= 11 is 0. The molecule has 1 aliphatic carbocycles. The number of hydrogen-bond donors (Lipinski definition) is 1. The van der Waals surface area contributed by atoms with Gasteiger partial charge in [0.1, 0.15) is 0 Å². The van der Waals surface area contributed by atoms with Gasteiger partial charge in [-0.25, -0.2) is 0 Å². The third-order valence-corrected chi connectivity index (χ3v) is 4.30. The van der Waals surface area contributed by atoms with Crippen LogP contribution in [0.3, 0.4) is 0 Å². The van der Waals surface area contributed by atoms with Crippen LogP contribution in [0.25, 0.3) is 5.65 Å². The maximum Gasteiger partial charge on any atom is 0.255 e. The van der Waals surface area contributed by atoms with Gasteiger partial charge in [0.05, 0.1) is 5.56 Å². The summed E-state index contributed by atoms with van der Waals surface area (Å²) < 4.78 is 1.50. The molecule has 0 unspecified atom stereocenters. The Balaban J connectivity index is 1.53. The van der Waals surface area contributed by atoms with Gasteiger partial charge in [-0.1, -0.05) is 30.3 Å². The molecule has 4 rings (SSSR count). The molecule has 1 aliphatic rings. The molecule has 0 aliphatic heterocycles. The van der Waals surface area contributed by atoms with Crippen LogP contribution >= 0.6 is 0 Å². The molecule has 1 N–H and O–H groups in total. The fraction of sp³-hybridized carbons (Fsp3) is 0.250. The Morgan fingerprint density at radius 1 is 1.18 bits per heavy atom. The van der Waals surface area contributed by atoms with Gasteiger partial charge < -0.3 is 5.32 Å². The van der Waals surface area contributed by atoms with Crippen molar-refractivity contribution < 1.29 is 4.79 Å². The van der Waals surface area contributed by atoms with E-state index in [1.54, 1.807) is 18.3 Å². The zero-order valence-corrected chi connectivity index (χ0v) is 11.9. The Labute approximate surface area is 127 Å². The van der Waals surface area contributed by atoms with Crippen LogP contribution < -0.4 is 5.32 Å². The van der Waals surface area contributed by atoms with Gasteiger partial charge in [-0.2, -0.15) is 4.52 Å². The van der Waals surface area contributed by atoms with Crippen molar-refractivity contribution in [3.8, 4) is 0 Å². The molecule has 6 nitrogen and oxygen atoms in total. The van der Waals surface area contributed by atoms with Gasteiger partial charge in [-0.15, -0.1) is 5.10 Å². The molecule has 2 aromatic heterocycles. The first-order valence-corrected chi connectivity index (χ1v) is 7.29. The number of tetrazole rings is 1. The van der Waals surface area contributed by atoms with E-state index in [4.69, 9.17) is 0 Å². The summed E-state index contributed by atoms with van der Waals surface area (Å²) in [4.78, 5) is 12.4. The monoisotopic (exact) mass is 293 g/mol. The van der Waals surface area contributed by atoms with Crippen LogP contribution in [0.1, 0.15) is 28.8 Å². The molecule has 1 amide bonds. The van der Waals surface area contributed by atoms with Crippen molar-refractivity contribution in [2.24, 2.45) is 0 Å². The topological polar surface area (TPSA) is 72.2 Å². The smallest absolute Gasteiger partial charge is 0.255 e. The van der Waals surface area contributed by atoms with E-state index in [-0.39, 0.29) is 11.3 Å². The Kier molecular flexibility index (Phi) is 2.89. The first-order valence-electron chi connectivity index (χ1n) is 7.29. The molecule has 6 heteroatoms. The van der Waals surface area contributed by atoms with Crippen molar-refractivity contribution in [3.63, 3.8) is 0 Å². The predicted octanol–water partition coefficient (Wildman–Crippen LogP) is 1.59. The first-order chi connectivity index (χ1) is 10.8. The number of aromatic nitrogens is 4. The average Bonchev–Trinajstić information content (AvgIpc) is 3.21. The number of pyridine rings is 1. The first kappa shape index (κ1) is 12.9. The predicted molar refractivity (Wildman–Crippen MR) is 80.5 cm³/mol. The Bertz CT molecular complexity index is 823. The molecule has 2 heterocycles. The highest BCUT2D eigenvalue weighted by molar-refractivity contribution is 5.99. The highest BCUT2D eigenvalue weighted by Gasteiger charge is 2.44. The molecule has 0 radical (unpaired) electrons. The van der Waals surface area contributed by atoms with Crippen LogP contribution in [0.2, 0.25) is 0 Å². The number of fused-ring (bicyclic) bond motifs is 1. The highest BCUT2D eigenvalue weighted by Crippen LogP contribution is 2.47. The number of amides is 1. The minimum absolute atomic E-state index is 0.0912. The van der Waals surface area contributed by atoms with E-state index in [1.807, 2.05) is 18.2 Å². The summed E-state index contributed by atoms with van der Waals surface area (Å²) in [7, 11) is 0. The van der Waals surface area contributed by atoms with Crippen LogP contribution in [-0.4, -0.2) is 32.5 Å². The molecule has 1 aromatic carbocycles. The standard InChI is InChI=1S/C16H15N5O/c22-15(13-7-4-10-21-14(13)18-19-20-21)17-11-16(8-9-16)12-5-2-1-3-6-12/h1-7,10H,8-9,11H2,(H,17,22). The van der Waals surface area contributed by atoms with Crippen molar-refractivity contribution in [1.82, 2.24) is 25.4 Å². The van der Waals surface area contributed by atoms with E-state index in [0.29, 0.717) is 17.8 Å².